The number of rotatable bonds is 3. The summed E-state index contributed by atoms with van der Waals surface area (Å²) in [6, 6.07) is 9.03. The Morgan fingerprint density at radius 3 is 2.53 bits per heavy atom. The Morgan fingerprint density at radius 1 is 1.24 bits per heavy atom. The lowest BCUT2D eigenvalue weighted by atomic mass is 10.2. The first kappa shape index (κ1) is 12.5. The summed E-state index contributed by atoms with van der Waals surface area (Å²) < 4.78 is 2.35. The smallest absolute Gasteiger partial charge is 0.0500 e. The number of benzene rings is 1. The van der Waals surface area contributed by atoms with Gasteiger partial charge in [0.05, 0.1) is 5.52 Å². The van der Waals surface area contributed by atoms with E-state index in [2.05, 4.69) is 42.8 Å². The highest BCUT2D eigenvalue weighted by molar-refractivity contribution is 6.35. The Hall–Kier alpha value is -0.990. The molecule has 92 valence electrons. The summed E-state index contributed by atoms with van der Waals surface area (Å²) in [5.41, 5.74) is 2.50. The van der Waals surface area contributed by atoms with E-state index >= 15 is 0 Å². The molecule has 0 aliphatic heterocycles. The van der Waals surface area contributed by atoms with Crippen LogP contribution in [0, 0.1) is 0 Å². The zero-order valence-corrected chi connectivity index (χ0v) is 11.5. The molecule has 2 rings (SSSR count). The number of halogens is 1. The Morgan fingerprint density at radius 2 is 1.94 bits per heavy atom. The minimum atomic E-state index is 0.320. The van der Waals surface area contributed by atoms with Gasteiger partial charge in [0.1, 0.15) is 0 Å². The second-order valence-electron chi connectivity index (χ2n) is 4.72. The third-order valence-corrected chi connectivity index (χ3v) is 3.58. The molecule has 1 aromatic heterocycles. The molecule has 0 amide bonds. The first-order chi connectivity index (χ1) is 8.06. The van der Waals surface area contributed by atoms with Gasteiger partial charge >= 0.3 is 0 Å². The van der Waals surface area contributed by atoms with Gasteiger partial charge in [0, 0.05) is 28.2 Å². The molecule has 0 saturated carbocycles. The van der Waals surface area contributed by atoms with E-state index in [1.54, 1.807) is 0 Å². The summed E-state index contributed by atoms with van der Waals surface area (Å²) >= 11 is 6.26. The third kappa shape index (κ3) is 2.07. The molecule has 2 nitrogen and oxygen atoms in total. The zero-order chi connectivity index (χ0) is 12.6. The van der Waals surface area contributed by atoms with Gasteiger partial charge in [0.2, 0.25) is 0 Å². The molecule has 1 heterocycles. The Bertz CT molecular complexity index is 528. The van der Waals surface area contributed by atoms with E-state index in [0.29, 0.717) is 12.1 Å². The molecule has 1 unspecified atom stereocenters. The molecule has 1 N–H and O–H groups in total. The fourth-order valence-corrected chi connectivity index (χ4v) is 2.52. The van der Waals surface area contributed by atoms with E-state index < -0.39 is 0 Å². The number of nitrogens with one attached hydrogen (secondary N) is 1. The number of hydrogen-bond acceptors (Lipinski definition) is 1. The SMILES string of the molecule is CNC(C)c1cc2c(Cl)cccc2n1C(C)C. The van der Waals surface area contributed by atoms with Crippen LogP contribution in [0.1, 0.15) is 38.5 Å². The topological polar surface area (TPSA) is 17.0 Å². The zero-order valence-electron chi connectivity index (χ0n) is 10.8. The van der Waals surface area contributed by atoms with Crippen LogP contribution in [0.25, 0.3) is 10.9 Å². The lowest BCUT2D eigenvalue weighted by molar-refractivity contribution is 0.535. The van der Waals surface area contributed by atoms with Crippen LogP contribution in [0.5, 0.6) is 0 Å². The lowest BCUT2D eigenvalue weighted by Crippen LogP contribution is -2.17. The number of nitrogens with zero attached hydrogens (tertiary/aromatic N) is 1. The van der Waals surface area contributed by atoms with Gasteiger partial charge in [0.25, 0.3) is 0 Å². The predicted octanol–water partition coefficient (Wildman–Crippen LogP) is 4.16. The molecule has 1 aromatic carbocycles. The van der Waals surface area contributed by atoms with Crippen LogP contribution in [0.4, 0.5) is 0 Å². The van der Waals surface area contributed by atoms with Gasteiger partial charge < -0.3 is 9.88 Å². The summed E-state index contributed by atoms with van der Waals surface area (Å²) in [4.78, 5) is 0. The van der Waals surface area contributed by atoms with E-state index in [1.807, 2.05) is 19.2 Å². The molecular weight excluding hydrogens is 232 g/mol. The van der Waals surface area contributed by atoms with Crippen molar-refractivity contribution in [2.24, 2.45) is 0 Å². The highest BCUT2D eigenvalue weighted by Gasteiger charge is 2.16. The van der Waals surface area contributed by atoms with Crippen molar-refractivity contribution >= 4 is 22.5 Å². The van der Waals surface area contributed by atoms with Gasteiger partial charge in [-0.1, -0.05) is 17.7 Å². The largest absolute Gasteiger partial charge is 0.340 e. The number of hydrogen-bond donors (Lipinski definition) is 1. The molecule has 0 fully saturated rings. The Balaban J connectivity index is 2.75. The molecule has 1 atom stereocenters. The Labute approximate surface area is 108 Å². The van der Waals surface area contributed by atoms with Gasteiger partial charge in [-0.2, -0.15) is 0 Å². The average molecular weight is 251 g/mol. The summed E-state index contributed by atoms with van der Waals surface area (Å²) in [6.07, 6.45) is 0. The van der Waals surface area contributed by atoms with E-state index in [1.165, 1.54) is 11.2 Å². The van der Waals surface area contributed by atoms with Gasteiger partial charge in [-0.3, -0.25) is 0 Å². The highest BCUT2D eigenvalue weighted by Crippen LogP contribution is 2.32. The van der Waals surface area contributed by atoms with Crippen molar-refractivity contribution in [1.82, 2.24) is 9.88 Å². The van der Waals surface area contributed by atoms with Crippen LogP contribution in [-0.4, -0.2) is 11.6 Å². The molecule has 0 saturated heterocycles. The first-order valence-corrected chi connectivity index (χ1v) is 6.40. The van der Waals surface area contributed by atoms with Crippen LogP contribution in [0.2, 0.25) is 5.02 Å². The van der Waals surface area contributed by atoms with E-state index in [0.717, 1.165) is 10.4 Å². The fraction of sp³-hybridized carbons (Fsp3) is 0.429. The number of fused-ring (bicyclic) bond motifs is 1. The molecular formula is C14H19ClN2. The molecule has 0 radical (unpaired) electrons. The second-order valence-corrected chi connectivity index (χ2v) is 5.12. The molecule has 3 heteroatoms. The number of aromatic nitrogens is 1. The van der Waals surface area contributed by atoms with Crippen molar-refractivity contribution < 1.29 is 0 Å². The molecule has 0 bridgehead atoms. The summed E-state index contributed by atoms with van der Waals surface area (Å²) in [6.45, 7) is 6.57. The predicted molar refractivity (Wildman–Crippen MR) is 74.8 cm³/mol. The maximum atomic E-state index is 6.26. The summed E-state index contributed by atoms with van der Waals surface area (Å²) in [5, 5.41) is 5.26. The van der Waals surface area contributed by atoms with Gasteiger partial charge in [-0.05, 0) is 46.0 Å². The van der Waals surface area contributed by atoms with E-state index in [9.17, 15) is 0 Å². The van der Waals surface area contributed by atoms with Crippen molar-refractivity contribution in [3.05, 3.63) is 35.0 Å². The maximum Gasteiger partial charge on any atom is 0.0500 e. The van der Waals surface area contributed by atoms with Gasteiger partial charge in [-0.25, -0.2) is 0 Å². The molecule has 0 aliphatic rings. The lowest BCUT2D eigenvalue weighted by Gasteiger charge is -2.18. The second kappa shape index (κ2) is 4.71. The van der Waals surface area contributed by atoms with E-state index in [4.69, 9.17) is 11.6 Å². The minimum Gasteiger partial charge on any atom is -0.340 e. The van der Waals surface area contributed by atoms with Crippen LogP contribution in [-0.2, 0) is 0 Å². The first-order valence-electron chi connectivity index (χ1n) is 6.03. The quantitative estimate of drug-likeness (QED) is 0.866. The average Bonchev–Trinajstić information content (AvgIpc) is 2.68. The van der Waals surface area contributed by atoms with Crippen LogP contribution in [0.15, 0.2) is 24.3 Å². The van der Waals surface area contributed by atoms with Gasteiger partial charge in [0.15, 0.2) is 0 Å². The summed E-state index contributed by atoms with van der Waals surface area (Å²) in [7, 11) is 1.98. The maximum absolute atomic E-state index is 6.26. The van der Waals surface area contributed by atoms with Crippen molar-refractivity contribution in [1.29, 1.82) is 0 Å². The van der Waals surface area contributed by atoms with Crippen LogP contribution >= 0.6 is 11.6 Å². The van der Waals surface area contributed by atoms with Crippen molar-refractivity contribution in [3.8, 4) is 0 Å². The van der Waals surface area contributed by atoms with Gasteiger partial charge in [-0.15, -0.1) is 0 Å². The standard InChI is InChI=1S/C14H19ClN2/c1-9(2)17-13-7-5-6-12(15)11(13)8-14(17)10(3)16-4/h5-10,16H,1-4H3. The van der Waals surface area contributed by atoms with Crippen molar-refractivity contribution in [2.75, 3.05) is 7.05 Å². The van der Waals surface area contributed by atoms with E-state index in [-0.39, 0.29) is 0 Å². The van der Waals surface area contributed by atoms with Crippen molar-refractivity contribution in [3.63, 3.8) is 0 Å². The summed E-state index contributed by atoms with van der Waals surface area (Å²) in [5.74, 6) is 0. The molecule has 2 aromatic rings. The molecule has 0 spiro atoms. The molecule has 17 heavy (non-hydrogen) atoms. The minimum absolute atomic E-state index is 0.320. The van der Waals surface area contributed by atoms with Crippen LogP contribution in [0.3, 0.4) is 0 Å². The Kier molecular flexibility index (Phi) is 3.45. The fourth-order valence-electron chi connectivity index (χ4n) is 2.29. The highest BCUT2D eigenvalue weighted by atomic mass is 35.5. The monoisotopic (exact) mass is 250 g/mol. The molecule has 0 aliphatic carbocycles. The van der Waals surface area contributed by atoms with Crippen molar-refractivity contribution in [2.45, 2.75) is 32.9 Å². The third-order valence-electron chi connectivity index (χ3n) is 3.25. The van der Waals surface area contributed by atoms with Crippen LogP contribution < -0.4 is 5.32 Å². The normalized spacial score (nSPS) is 13.5.